The van der Waals surface area contributed by atoms with Crippen molar-refractivity contribution in [3.05, 3.63) is 41.3 Å². The summed E-state index contributed by atoms with van der Waals surface area (Å²) in [6.07, 6.45) is -3.63. The van der Waals surface area contributed by atoms with Crippen LogP contribution in [0, 0.1) is 0 Å². The second kappa shape index (κ2) is 8.99. The number of H-pyrrole nitrogens is 1. The van der Waals surface area contributed by atoms with Crippen LogP contribution in [0.4, 0.5) is 13.2 Å². The zero-order valence-corrected chi connectivity index (χ0v) is 19.5. The van der Waals surface area contributed by atoms with Crippen LogP contribution in [0.1, 0.15) is 41.6 Å². The predicted molar refractivity (Wildman–Crippen MR) is 121 cm³/mol. The molecule has 1 fully saturated rings. The standard InChI is InChI=1S/C23H26F3N7O2/c1-14(2)20-27-21(29-28-20)17-12-16-5-10-35-19-4-3-15(11-18(19)33(16)30-17)22(34)32-8-6-31(7-9-32)13-23(24,25)26/h3-4,11-12,14H,5-10,13H2,1-2H3,(H,27,28,29). The fourth-order valence-electron chi connectivity index (χ4n) is 4.31. The summed E-state index contributed by atoms with van der Waals surface area (Å²) in [5.74, 6) is 1.85. The molecule has 0 spiro atoms. The van der Waals surface area contributed by atoms with Gasteiger partial charge in [-0.1, -0.05) is 13.8 Å². The summed E-state index contributed by atoms with van der Waals surface area (Å²) in [4.78, 5) is 20.6. The molecule has 2 aliphatic rings. The van der Waals surface area contributed by atoms with Gasteiger partial charge in [0.25, 0.3) is 5.91 Å². The van der Waals surface area contributed by atoms with Crippen molar-refractivity contribution >= 4 is 5.91 Å². The third-order valence-electron chi connectivity index (χ3n) is 6.17. The summed E-state index contributed by atoms with van der Waals surface area (Å²) >= 11 is 0. The van der Waals surface area contributed by atoms with Crippen LogP contribution in [0.25, 0.3) is 17.2 Å². The number of fused-ring (bicyclic) bond motifs is 3. The number of aromatic amines is 1. The van der Waals surface area contributed by atoms with Crippen LogP contribution >= 0.6 is 0 Å². The van der Waals surface area contributed by atoms with E-state index in [1.165, 1.54) is 4.90 Å². The summed E-state index contributed by atoms with van der Waals surface area (Å²) in [5.41, 5.74) is 2.58. The van der Waals surface area contributed by atoms with Gasteiger partial charge in [0.05, 0.1) is 13.2 Å². The number of hydrogen-bond donors (Lipinski definition) is 1. The highest BCUT2D eigenvalue weighted by Gasteiger charge is 2.33. The predicted octanol–water partition coefficient (Wildman–Crippen LogP) is 3.04. The van der Waals surface area contributed by atoms with Gasteiger partial charge in [-0.3, -0.25) is 14.8 Å². The number of nitrogens with zero attached hydrogens (tertiary/aromatic N) is 6. The number of aromatic nitrogens is 5. The lowest BCUT2D eigenvalue weighted by Gasteiger charge is -2.35. The Morgan fingerprint density at radius 2 is 1.94 bits per heavy atom. The normalized spacial score (nSPS) is 16.6. The fraction of sp³-hybridized carbons (Fsp3) is 0.478. The van der Waals surface area contributed by atoms with Gasteiger partial charge in [0.15, 0.2) is 0 Å². The van der Waals surface area contributed by atoms with E-state index in [2.05, 4.69) is 15.2 Å². The first-order chi connectivity index (χ1) is 16.7. The summed E-state index contributed by atoms with van der Waals surface area (Å²) in [6.45, 7) is 4.38. The van der Waals surface area contributed by atoms with Crippen molar-refractivity contribution in [1.82, 2.24) is 34.8 Å². The van der Waals surface area contributed by atoms with Gasteiger partial charge in [0.1, 0.15) is 23.0 Å². The lowest BCUT2D eigenvalue weighted by Crippen LogP contribution is -2.50. The number of benzene rings is 1. The van der Waals surface area contributed by atoms with Crippen LogP contribution in [0.3, 0.4) is 0 Å². The number of amides is 1. The smallest absolute Gasteiger partial charge is 0.401 e. The maximum atomic E-state index is 13.2. The number of piperazine rings is 1. The van der Waals surface area contributed by atoms with Crippen molar-refractivity contribution in [1.29, 1.82) is 0 Å². The van der Waals surface area contributed by atoms with Gasteiger partial charge in [-0.15, -0.1) is 0 Å². The molecule has 0 bridgehead atoms. The van der Waals surface area contributed by atoms with Crippen molar-refractivity contribution < 1.29 is 22.7 Å². The van der Waals surface area contributed by atoms with Gasteiger partial charge in [-0.25, -0.2) is 9.67 Å². The number of halogens is 3. The maximum absolute atomic E-state index is 13.2. The maximum Gasteiger partial charge on any atom is 0.401 e. The monoisotopic (exact) mass is 489 g/mol. The number of hydrogen-bond acceptors (Lipinski definition) is 6. The molecule has 2 aromatic heterocycles. The Bertz CT molecular complexity index is 1230. The molecule has 2 aliphatic heterocycles. The minimum atomic E-state index is -4.24. The molecule has 5 rings (SSSR count). The van der Waals surface area contributed by atoms with E-state index in [1.807, 2.05) is 19.9 Å². The van der Waals surface area contributed by atoms with Crippen molar-refractivity contribution in [2.45, 2.75) is 32.4 Å². The molecule has 0 aliphatic carbocycles. The van der Waals surface area contributed by atoms with Crippen LogP contribution in [0.2, 0.25) is 0 Å². The summed E-state index contributed by atoms with van der Waals surface area (Å²) in [6, 6.07) is 7.06. The van der Waals surface area contributed by atoms with Gasteiger partial charge in [-0.05, 0) is 24.3 Å². The van der Waals surface area contributed by atoms with E-state index < -0.39 is 12.7 Å². The first kappa shape index (κ1) is 23.3. The molecule has 35 heavy (non-hydrogen) atoms. The number of nitrogens with one attached hydrogen (secondary N) is 1. The van der Waals surface area contributed by atoms with Gasteiger partial charge < -0.3 is 9.64 Å². The summed E-state index contributed by atoms with van der Waals surface area (Å²) in [5, 5.41) is 11.9. The molecule has 0 radical (unpaired) electrons. The van der Waals surface area contributed by atoms with Crippen LogP contribution in [0.5, 0.6) is 5.75 Å². The Morgan fingerprint density at radius 1 is 1.17 bits per heavy atom. The van der Waals surface area contributed by atoms with Crippen molar-refractivity contribution in [3.63, 3.8) is 0 Å². The van der Waals surface area contributed by atoms with Crippen LogP contribution < -0.4 is 4.74 Å². The molecule has 9 nitrogen and oxygen atoms in total. The molecule has 1 aromatic carbocycles. The molecular formula is C23H26F3N7O2. The topological polar surface area (TPSA) is 92.2 Å². The zero-order valence-electron chi connectivity index (χ0n) is 19.5. The van der Waals surface area contributed by atoms with Gasteiger partial charge in [0, 0.05) is 49.8 Å². The average molecular weight is 490 g/mol. The van der Waals surface area contributed by atoms with Gasteiger partial charge in [-0.2, -0.15) is 23.4 Å². The molecule has 0 atom stereocenters. The Balaban J connectivity index is 1.38. The lowest BCUT2D eigenvalue weighted by molar-refractivity contribution is -0.148. The van der Waals surface area contributed by atoms with E-state index in [0.717, 1.165) is 11.5 Å². The molecule has 1 saturated heterocycles. The molecule has 0 unspecified atom stereocenters. The Hall–Kier alpha value is -3.41. The van der Waals surface area contributed by atoms with Crippen molar-refractivity contribution in [3.8, 4) is 23.0 Å². The van der Waals surface area contributed by atoms with Crippen molar-refractivity contribution in [2.75, 3.05) is 39.3 Å². The van der Waals surface area contributed by atoms with E-state index in [0.29, 0.717) is 41.5 Å². The quantitative estimate of drug-likeness (QED) is 0.606. The Labute approximate surface area is 199 Å². The highest BCUT2D eigenvalue weighted by molar-refractivity contribution is 5.95. The molecule has 12 heteroatoms. The fourth-order valence-corrected chi connectivity index (χ4v) is 4.31. The number of alkyl halides is 3. The molecule has 1 amide bonds. The van der Waals surface area contributed by atoms with Crippen molar-refractivity contribution in [2.24, 2.45) is 0 Å². The zero-order chi connectivity index (χ0) is 24.7. The number of ether oxygens (including phenoxy) is 1. The largest absolute Gasteiger partial charge is 0.491 e. The molecule has 0 saturated carbocycles. The minimum Gasteiger partial charge on any atom is -0.491 e. The van der Waals surface area contributed by atoms with Gasteiger partial charge in [0.2, 0.25) is 5.82 Å². The SMILES string of the molecule is CC(C)c1nc(-c2cc3n(n2)-c2cc(C(=O)N4CCN(CC(F)(F)F)CC4)ccc2OCC3)n[nH]1. The first-order valence-electron chi connectivity index (χ1n) is 11.5. The van der Waals surface area contributed by atoms with Crippen LogP contribution in [-0.2, 0) is 6.42 Å². The number of carbonyl (C=O) groups excluding carboxylic acids is 1. The van der Waals surface area contributed by atoms with E-state index in [1.54, 1.807) is 27.8 Å². The molecular weight excluding hydrogens is 463 g/mol. The average Bonchev–Trinajstić information content (AvgIpc) is 3.43. The molecule has 1 N–H and O–H groups in total. The third-order valence-corrected chi connectivity index (χ3v) is 6.17. The van der Waals surface area contributed by atoms with E-state index in [9.17, 15) is 18.0 Å². The van der Waals surface area contributed by atoms with Crippen LogP contribution in [0.15, 0.2) is 24.3 Å². The van der Waals surface area contributed by atoms with E-state index >= 15 is 0 Å². The Kier molecular flexibility index (Phi) is 5.99. The third kappa shape index (κ3) is 4.88. The first-order valence-corrected chi connectivity index (χ1v) is 11.5. The lowest BCUT2D eigenvalue weighted by atomic mass is 10.1. The molecule has 3 aromatic rings. The summed E-state index contributed by atoms with van der Waals surface area (Å²) in [7, 11) is 0. The molecule has 4 heterocycles. The van der Waals surface area contributed by atoms with Gasteiger partial charge >= 0.3 is 6.18 Å². The van der Waals surface area contributed by atoms with E-state index in [-0.39, 0.29) is 38.0 Å². The minimum absolute atomic E-state index is 0.182. The number of rotatable bonds is 4. The second-order valence-corrected chi connectivity index (χ2v) is 9.10. The highest BCUT2D eigenvalue weighted by atomic mass is 19.4. The van der Waals surface area contributed by atoms with E-state index in [4.69, 9.17) is 9.84 Å². The number of carbonyl (C=O) groups is 1. The molecule has 186 valence electrons. The van der Waals surface area contributed by atoms with Crippen LogP contribution in [-0.4, -0.2) is 86.2 Å². The second-order valence-electron chi connectivity index (χ2n) is 9.10. The summed E-state index contributed by atoms with van der Waals surface area (Å²) < 4.78 is 45.6. The highest BCUT2D eigenvalue weighted by Crippen LogP contribution is 2.31. The Morgan fingerprint density at radius 3 is 2.63 bits per heavy atom.